The summed E-state index contributed by atoms with van der Waals surface area (Å²) in [5.74, 6) is -1.35. The minimum atomic E-state index is -1.45. The molecule has 1 aromatic carbocycles. The van der Waals surface area contributed by atoms with Crippen molar-refractivity contribution in [1.29, 1.82) is 0 Å². The van der Waals surface area contributed by atoms with E-state index in [2.05, 4.69) is 4.85 Å². The van der Waals surface area contributed by atoms with Crippen molar-refractivity contribution in [3.05, 3.63) is 35.2 Å². The number of fused-ring (bicyclic) bond motifs is 2. The van der Waals surface area contributed by atoms with Crippen LogP contribution in [0.4, 0.5) is 0 Å². The highest BCUT2D eigenvalue weighted by Gasteiger charge is 2.75. The lowest BCUT2D eigenvalue weighted by Crippen LogP contribution is -2.67. The van der Waals surface area contributed by atoms with Crippen molar-refractivity contribution in [3.63, 3.8) is 0 Å². The van der Waals surface area contributed by atoms with E-state index in [1.807, 2.05) is 0 Å². The third-order valence-corrected chi connectivity index (χ3v) is 9.24. The molecule has 1 aliphatic carbocycles. The van der Waals surface area contributed by atoms with Gasteiger partial charge in [0, 0.05) is 27.8 Å². The van der Waals surface area contributed by atoms with E-state index in [1.165, 1.54) is 25.8 Å². The minimum absolute atomic E-state index is 0.0350. The molecule has 2 aliphatic heterocycles. The molecular weight excluding hydrogens is 464 g/mol. The van der Waals surface area contributed by atoms with Gasteiger partial charge in [0.05, 0.1) is 18.3 Å². The smallest absolute Gasteiger partial charge is 0.241 e. The van der Waals surface area contributed by atoms with Crippen molar-refractivity contribution < 1.29 is 28.7 Å². The van der Waals surface area contributed by atoms with E-state index < -0.39 is 32.9 Å². The normalized spacial score (nSPS) is 34.7. The van der Waals surface area contributed by atoms with Gasteiger partial charge in [-0.15, -0.1) is 0 Å². The number of likely N-dealkylation sites (N-methyl/N-ethyl adjacent to an activating group) is 1. The lowest BCUT2D eigenvalue weighted by molar-refractivity contribution is -0.151. The van der Waals surface area contributed by atoms with Gasteiger partial charge in [0.25, 0.3) is 0 Å². The molecular formula is C23H24N2O6S2. The van der Waals surface area contributed by atoms with Crippen LogP contribution in [-0.2, 0) is 19.2 Å². The summed E-state index contributed by atoms with van der Waals surface area (Å²) in [5.41, 5.74) is -0.478. The molecule has 5 atom stereocenters. The predicted molar refractivity (Wildman–Crippen MR) is 124 cm³/mol. The van der Waals surface area contributed by atoms with Crippen molar-refractivity contribution in [3.8, 4) is 11.5 Å². The standard InChI is InChI=1S/C23H24N2O6S2/c1-12(26)32-22(4)19(28)18-17(14-7-8-15-16(9-14)31-11-30-15)21(3,24-5)10-23(18,33-13(2)27)20(29)25(22)6/h7-9,17-18H,10-11H2,1-4,6H3/t17?,18?,21-,22-,23+/m0/s1. The quantitative estimate of drug-likeness (QED) is 0.599. The molecule has 2 unspecified atom stereocenters. The van der Waals surface area contributed by atoms with Crippen LogP contribution in [0.3, 0.4) is 0 Å². The summed E-state index contributed by atoms with van der Waals surface area (Å²) in [7, 11) is 1.48. The fourth-order valence-corrected chi connectivity index (χ4v) is 7.93. The number of amides is 1. The maximum absolute atomic E-state index is 14.2. The highest BCUT2D eigenvalue weighted by molar-refractivity contribution is 8.16. The molecule has 2 heterocycles. The Hall–Kier alpha value is -2.51. The Morgan fingerprint density at radius 3 is 2.33 bits per heavy atom. The van der Waals surface area contributed by atoms with Crippen molar-refractivity contribution in [2.45, 2.75) is 55.2 Å². The number of carbonyl (C=O) groups is 4. The highest BCUT2D eigenvalue weighted by Crippen LogP contribution is 2.64. The van der Waals surface area contributed by atoms with Crippen LogP contribution >= 0.6 is 23.5 Å². The van der Waals surface area contributed by atoms with E-state index >= 15 is 0 Å². The summed E-state index contributed by atoms with van der Waals surface area (Å²) < 4.78 is 9.48. The van der Waals surface area contributed by atoms with Gasteiger partial charge in [0.2, 0.25) is 18.2 Å². The Kier molecular flexibility index (Phi) is 5.57. The number of ether oxygens (including phenoxy) is 2. The molecule has 2 fully saturated rings. The van der Waals surface area contributed by atoms with E-state index in [0.717, 1.165) is 23.5 Å². The number of rotatable bonds is 3. The van der Waals surface area contributed by atoms with Crippen LogP contribution in [0, 0.1) is 12.5 Å². The first-order valence-electron chi connectivity index (χ1n) is 10.4. The minimum Gasteiger partial charge on any atom is -0.454 e. The summed E-state index contributed by atoms with van der Waals surface area (Å²) in [5, 5.41) is -0.612. The number of benzene rings is 1. The van der Waals surface area contributed by atoms with Crippen LogP contribution in [0.2, 0.25) is 0 Å². The average Bonchev–Trinajstić information content (AvgIpc) is 3.30. The number of thioether (sulfide) groups is 2. The second kappa shape index (κ2) is 7.77. The number of nitrogens with zero attached hydrogens (tertiary/aromatic N) is 2. The lowest BCUT2D eigenvalue weighted by atomic mass is 9.73. The Bertz CT molecular complexity index is 1130. The number of carbonyl (C=O) groups excluding carboxylic acids is 4. The number of hydrogen-bond donors (Lipinski definition) is 0. The topological polar surface area (TPSA) is 94.3 Å². The zero-order valence-corrected chi connectivity index (χ0v) is 20.6. The van der Waals surface area contributed by atoms with Gasteiger partial charge in [0.15, 0.2) is 32.4 Å². The Balaban J connectivity index is 1.96. The van der Waals surface area contributed by atoms with Crippen molar-refractivity contribution in [2.24, 2.45) is 5.92 Å². The number of hydrogen-bond acceptors (Lipinski definition) is 8. The second-order valence-corrected chi connectivity index (χ2v) is 12.1. The fourth-order valence-electron chi connectivity index (χ4n) is 5.45. The molecule has 174 valence electrons. The largest absolute Gasteiger partial charge is 0.454 e. The van der Waals surface area contributed by atoms with Crippen molar-refractivity contribution >= 4 is 45.4 Å². The van der Waals surface area contributed by atoms with Crippen molar-refractivity contribution in [1.82, 2.24) is 4.90 Å². The van der Waals surface area contributed by atoms with E-state index in [1.54, 1.807) is 32.0 Å². The summed E-state index contributed by atoms with van der Waals surface area (Å²) in [6, 6.07) is 5.25. The number of Topliss-reactive ketones (excluding diaryl/α,β-unsaturated/α-hetero) is 1. The molecule has 1 amide bonds. The molecule has 0 N–H and O–H groups in total. The zero-order chi connectivity index (χ0) is 24.3. The van der Waals surface area contributed by atoms with Gasteiger partial charge in [-0.25, -0.2) is 6.57 Å². The zero-order valence-electron chi connectivity index (χ0n) is 19.0. The predicted octanol–water partition coefficient (Wildman–Crippen LogP) is 3.25. The maximum atomic E-state index is 14.2. The Labute approximate surface area is 200 Å². The molecule has 4 rings (SSSR count). The average molecular weight is 489 g/mol. The summed E-state index contributed by atoms with van der Waals surface area (Å²) in [6.45, 7) is 14.1. The highest BCUT2D eigenvalue weighted by atomic mass is 32.2. The summed E-state index contributed by atoms with van der Waals surface area (Å²) in [6.07, 6.45) is 0.0350. The third-order valence-electron chi connectivity index (χ3n) is 6.85. The SMILES string of the molecule is [C-]#[N+][C@@]1(C)C[C@]2(SC(C)=O)C(=O)N(C)[C@@](C)(SC(C)=O)C(=O)C2C1c1ccc2c(c1)OCO2. The van der Waals surface area contributed by atoms with E-state index in [4.69, 9.17) is 16.0 Å². The first kappa shape index (κ1) is 23.6. The van der Waals surface area contributed by atoms with Crippen molar-refractivity contribution in [2.75, 3.05) is 13.8 Å². The molecule has 0 aromatic heterocycles. The monoisotopic (exact) mass is 488 g/mol. The van der Waals surface area contributed by atoms with E-state index in [0.29, 0.717) is 17.1 Å². The maximum Gasteiger partial charge on any atom is 0.241 e. The van der Waals surface area contributed by atoms with Gasteiger partial charge in [-0.05, 0) is 24.6 Å². The van der Waals surface area contributed by atoms with Gasteiger partial charge in [-0.1, -0.05) is 29.6 Å². The van der Waals surface area contributed by atoms with Gasteiger partial charge in [-0.2, -0.15) is 0 Å². The molecule has 1 saturated carbocycles. The number of likely N-dealkylation sites (tertiary alicyclic amines) is 1. The fraction of sp³-hybridized carbons (Fsp3) is 0.522. The van der Waals surface area contributed by atoms with E-state index in [-0.39, 0.29) is 29.2 Å². The molecule has 3 aliphatic rings. The number of ketones is 1. The molecule has 1 aromatic rings. The Morgan fingerprint density at radius 2 is 1.73 bits per heavy atom. The van der Waals surface area contributed by atoms with Gasteiger partial charge in [-0.3, -0.25) is 19.2 Å². The van der Waals surface area contributed by atoms with Crippen LogP contribution in [0.1, 0.15) is 45.6 Å². The molecule has 8 nitrogen and oxygen atoms in total. The summed E-state index contributed by atoms with van der Waals surface area (Å²) in [4.78, 5) is 56.2. The van der Waals surface area contributed by atoms with Crippen LogP contribution in [0.15, 0.2) is 18.2 Å². The number of piperidine rings is 1. The van der Waals surface area contributed by atoms with E-state index in [9.17, 15) is 19.2 Å². The van der Waals surface area contributed by atoms with Gasteiger partial charge >= 0.3 is 0 Å². The second-order valence-electron chi connectivity index (χ2n) is 9.00. The first-order valence-corrected chi connectivity index (χ1v) is 12.0. The third kappa shape index (κ3) is 3.36. The van der Waals surface area contributed by atoms with Crippen LogP contribution in [0.5, 0.6) is 11.5 Å². The molecule has 0 spiro atoms. The van der Waals surface area contributed by atoms with Gasteiger partial charge in [0.1, 0.15) is 4.75 Å². The summed E-state index contributed by atoms with van der Waals surface area (Å²) >= 11 is 1.62. The molecule has 0 radical (unpaired) electrons. The molecule has 0 bridgehead atoms. The molecule has 33 heavy (non-hydrogen) atoms. The first-order chi connectivity index (χ1) is 15.4. The molecule has 10 heteroatoms. The van der Waals surface area contributed by atoms with Crippen LogP contribution in [-0.4, -0.2) is 55.8 Å². The van der Waals surface area contributed by atoms with Gasteiger partial charge < -0.3 is 19.2 Å². The van der Waals surface area contributed by atoms with Crippen LogP contribution in [0.25, 0.3) is 4.85 Å². The Morgan fingerprint density at radius 1 is 1.09 bits per heavy atom. The van der Waals surface area contributed by atoms with Crippen LogP contribution < -0.4 is 9.47 Å². The lowest BCUT2D eigenvalue weighted by Gasteiger charge is -2.49. The molecule has 1 saturated heterocycles.